The Morgan fingerprint density at radius 1 is 1.35 bits per heavy atom. The second-order valence-corrected chi connectivity index (χ2v) is 9.28. The van der Waals surface area contributed by atoms with E-state index in [1.807, 2.05) is 6.92 Å². The van der Waals surface area contributed by atoms with Crippen LogP contribution in [0.4, 0.5) is 0 Å². The van der Waals surface area contributed by atoms with Gasteiger partial charge in [0, 0.05) is 25.8 Å². The molecular weight excluding hydrogens is 416 g/mol. The van der Waals surface area contributed by atoms with Gasteiger partial charge in [0.2, 0.25) is 5.91 Å². The summed E-state index contributed by atoms with van der Waals surface area (Å²) in [7, 11) is 0. The number of ether oxygens (including phenoxy) is 1. The molecule has 3 aliphatic rings. The normalized spacial score (nSPS) is 35.5. The highest BCUT2D eigenvalue weighted by Gasteiger charge is 2.38. The van der Waals surface area contributed by atoms with E-state index in [0.717, 1.165) is 45.3 Å². The summed E-state index contributed by atoms with van der Waals surface area (Å²) >= 11 is 6.27. The fraction of sp³-hybridized carbons (Fsp3) is 0.818. The summed E-state index contributed by atoms with van der Waals surface area (Å²) in [6.45, 7) is 8.22. The number of piperidine rings is 1. The molecule has 0 aromatic rings. The number of hydrogen-bond acceptors (Lipinski definition) is 7. The minimum Gasteiger partial charge on any atom is -0.371 e. The molecule has 0 radical (unpaired) electrons. The Morgan fingerprint density at radius 2 is 2.13 bits per heavy atom. The van der Waals surface area contributed by atoms with Gasteiger partial charge in [-0.15, -0.1) is 11.6 Å². The van der Waals surface area contributed by atoms with Crippen LogP contribution in [0.25, 0.3) is 0 Å². The summed E-state index contributed by atoms with van der Waals surface area (Å²) in [6, 6.07) is -0.435. The largest absolute Gasteiger partial charge is 0.371 e. The van der Waals surface area contributed by atoms with E-state index >= 15 is 0 Å². The van der Waals surface area contributed by atoms with Crippen molar-refractivity contribution in [3.05, 3.63) is 11.6 Å². The molecule has 176 valence electrons. The third-order valence-corrected chi connectivity index (χ3v) is 6.84. The molecule has 1 amide bonds. The van der Waals surface area contributed by atoms with E-state index in [0.29, 0.717) is 13.1 Å². The van der Waals surface area contributed by atoms with Crippen molar-refractivity contribution in [1.29, 1.82) is 0 Å². The minimum atomic E-state index is -0.517. The van der Waals surface area contributed by atoms with Crippen molar-refractivity contribution in [1.82, 2.24) is 21.3 Å². The fourth-order valence-corrected chi connectivity index (χ4v) is 4.46. The summed E-state index contributed by atoms with van der Waals surface area (Å²) < 4.78 is 6.34. The van der Waals surface area contributed by atoms with Crippen LogP contribution < -0.4 is 27.0 Å². The van der Waals surface area contributed by atoms with Crippen molar-refractivity contribution in [3.63, 3.8) is 0 Å². The molecule has 0 aromatic heterocycles. The highest BCUT2D eigenvalue weighted by Crippen LogP contribution is 2.21. The molecule has 2 fully saturated rings. The van der Waals surface area contributed by atoms with Crippen LogP contribution in [-0.2, 0) is 9.53 Å². The first-order valence-corrected chi connectivity index (χ1v) is 12.2. The first-order chi connectivity index (χ1) is 15.0. The van der Waals surface area contributed by atoms with Gasteiger partial charge in [-0.2, -0.15) is 0 Å². The number of carbonyl (C=O) groups excluding carboxylic acids is 1. The Hall–Kier alpha value is -1.03. The highest BCUT2D eigenvalue weighted by molar-refractivity contribution is 6.28. The predicted octanol–water partition coefficient (Wildman–Crippen LogP) is 0.509. The summed E-state index contributed by atoms with van der Waals surface area (Å²) in [4.78, 5) is 18.2. The van der Waals surface area contributed by atoms with Crippen molar-refractivity contribution >= 4 is 23.7 Å². The quantitative estimate of drug-likeness (QED) is 0.207. The minimum absolute atomic E-state index is 0.000992. The molecule has 8 nitrogen and oxygen atoms in total. The van der Waals surface area contributed by atoms with E-state index in [-0.39, 0.29) is 35.6 Å². The molecule has 0 spiro atoms. The molecule has 0 saturated carbocycles. The molecule has 6 N–H and O–H groups in total. The number of nitrogens with two attached hydrogens (primary N) is 1. The average molecular weight is 455 g/mol. The number of aliphatic imine (C=N–C) groups is 1. The lowest BCUT2D eigenvalue weighted by Gasteiger charge is -2.36. The lowest BCUT2D eigenvalue weighted by atomic mass is 9.93. The van der Waals surface area contributed by atoms with Crippen LogP contribution in [0.1, 0.15) is 39.5 Å². The van der Waals surface area contributed by atoms with Crippen LogP contribution in [-0.4, -0.2) is 80.7 Å². The molecule has 3 heterocycles. The Balaban J connectivity index is 1.73. The fourth-order valence-electron chi connectivity index (χ4n) is 4.40. The van der Waals surface area contributed by atoms with Gasteiger partial charge in [0.1, 0.15) is 0 Å². The molecule has 9 heteroatoms. The number of nitrogens with one attached hydrogen (secondary N) is 4. The maximum absolute atomic E-state index is 13.5. The zero-order chi connectivity index (χ0) is 22.2. The van der Waals surface area contributed by atoms with Gasteiger partial charge in [-0.05, 0) is 38.8 Å². The lowest BCUT2D eigenvalue weighted by Crippen LogP contribution is -2.60. The molecule has 7 unspecified atom stereocenters. The van der Waals surface area contributed by atoms with E-state index in [9.17, 15) is 4.79 Å². The maximum atomic E-state index is 13.5. The van der Waals surface area contributed by atoms with Crippen LogP contribution in [0.15, 0.2) is 16.6 Å². The molecule has 3 aliphatic heterocycles. The summed E-state index contributed by atoms with van der Waals surface area (Å²) in [5, 5.41) is 13.1. The van der Waals surface area contributed by atoms with Crippen LogP contribution >= 0.6 is 11.6 Å². The van der Waals surface area contributed by atoms with Gasteiger partial charge in [0.05, 0.1) is 41.8 Å². The van der Waals surface area contributed by atoms with Gasteiger partial charge in [-0.1, -0.05) is 25.5 Å². The summed E-state index contributed by atoms with van der Waals surface area (Å²) in [5.74, 6) is -0.609. The van der Waals surface area contributed by atoms with Crippen molar-refractivity contribution in [2.75, 3.05) is 32.7 Å². The standard InChI is InChI=1S/C22H39ClN6O2/c1-3-14-9-17(27-11-15(23)4-2)20(21(24)28-10-14)22(30)29-18-13-26-8-6-19(18)31-16-5-7-25-12-16/h9,11,15-21,25-26,28H,3-8,10,12-13,24H2,1-2H3,(H,29,30). The number of amides is 1. The molecule has 2 saturated heterocycles. The lowest BCUT2D eigenvalue weighted by molar-refractivity contribution is -0.129. The van der Waals surface area contributed by atoms with Gasteiger partial charge in [0.25, 0.3) is 0 Å². The first kappa shape index (κ1) is 24.6. The zero-order valence-electron chi connectivity index (χ0n) is 18.8. The molecule has 0 aliphatic carbocycles. The molecule has 3 rings (SSSR count). The molecule has 0 aromatic carbocycles. The van der Waals surface area contributed by atoms with Gasteiger partial charge < -0.3 is 26.4 Å². The van der Waals surface area contributed by atoms with Crippen LogP contribution in [0.3, 0.4) is 0 Å². The topological polar surface area (TPSA) is 113 Å². The van der Waals surface area contributed by atoms with Gasteiger partial charge in [-0.3, -0.25) is 15.1 Å². The predicted molar refractivity (Wildman–Crippen MR) is 126 cm³/mol. The summed E-state index contributed by atoms with van der Waals surface area (Å²) in [5.41, 5.74) is 7.63. The molecule has 7 atom stereocenters. The van der Waals surface area contributed by atoms with Gasteiger partial charge >= 0.3 is 0 Å². The number of halogens is 1. The SMILES string of the molecule is CCC1=CC(N=CC(Cl)CC)C(C(=O)NC2CNCCC2OC2CCNC2)C(N)NC1. The van der Waals surface area contributed by atoms with E-state index in [1.165, 1.54) is 5.57 Å². The zero-order valence-corrected chi connectivity index (χ0v) is 19.5. The third-order valence-electron chi connectivity index (χ3n) is 6.42. The number of rotatable bonds is 8. The van der Waals surface area contributed by atoms with Gasteiger partial charge in [-0.25, -0.2) is 0 Å². The van der Waals surface area contributed by atoms with E-state index in [2.05, 4.69) is 34.3 Å². The van der Waals surface area contributed by atoms with Gasteiger partial charge in [0.15, 0.2) is 0 Å². The second-order valence-electron chi connectivity index (χ2n) is 8.72. The van der Waals surface area contributed by atoms with Crippen molar-refractivity contribution in [2.24, 2.45) is 16.6 Å². The maximum Gasteiger partial charge on any atom is 0.228 e. The number of nitrogens with zero attached hydrogens (tertiary/aromatic N) is 1. The van der Waals surface area contributed by atoms with Crippen molar-refractivity contribution < 1.29 is 9.53 Å². The van der Waals surface area contributed by atoms with Crippen LogP contribution in [0.5, 0.6) is 0 Å². The summed E-state index contributed by atoms with van der Waals surface area (Å²) in [6.07, 6.45) is 7.11. The second kappa shape index (κ2) is 12.3. The van der Waals surface area contributed by atoms with E-state index < -0.39 is 12.1 Å². The first-order valence-electron chi connectivity index (χ1n) is 11.7. The molecule has 31 heavy (non-hydrogen) atoms. The number of alkyl halides is 1. The van der Waals surface area contributed by atoms with Crippen molar-refractivity contribution in [3.8, 4) is 0 Å². The molecular formula is C22H39ClN6O2. The Bertz CT molecular complexity index is 639. The molecule has 0 bridgehead atoms. The monoisotopic (exact) mass is 454 g/mol. The Kier molecular flexibility index (Phi) is 9.74. The smallest absolute Gasteiger partial charge is 0.228 e. The van der Waals surface area contributed by atoms with E-state index in [1.54, 1.807) is 6.21 Å². The van der Waals surface area contributed by atoms with Crippen LogP contribution in [0.2, 0.25) is 0 Å². The Labute approximate surface area is 191 Å². The Morgan fingerprint density at radius 3 is 2.84 bits per heavy atom. The highest BCUT2D eigenvalue weighted by atomic mass is 35.5. The third kappa shape index (κ3) is 6.97. The van der Waals surface area contributed by atoms with Crippen LogP contribution in [0, 0.1) is 5.92 Å². The van der Waals surface area contributed by atoms with E-state index in [4.69, 9.17) is 27.1 Å². The number of hydrogen-bond donors (Lipinski definition) is 5. The average Bonchev–Trinajstić information content (AvgIpc) is 3.22. The van der Waals surface area contributed by atoms with Crippen molar-refractivity contribution in [2.45, 2.75) is 75.4 Å². The number of carbonyl (C=O) groups is 1.